The molecule has 2 rings (SSSR count). The van der Waals surface area contributed by atoms with Gasteiger partial charge in [0.1, 0.15) is 5.69 Å². The minimum atomic E-state index is 0.0914. The molecule has 0 aromatic carbocycles. The molecule has 0 unspecified atom stereocenters. The zero-order valence-corrected chi connectivity index (χ0v) is 9.36. The van der Waals surface area contributed by atoms with E-state index in [0.717, 1.165) is 24.3 Å². The molecule has 0 saturated heterocycles. The predicted octanol–water partition coefficient (Wildman–Crippen LogP) is 1.45. The van der Waals surface area contributed by atoms with Crippen LogP contribution in [0.25, 0.3) is 0 Å². The fourth-order valence-corrected chi connectivity index (χ4v) is 2.80. The largest absolute Gasteiger partial charge is 0.293 e. The molecule has 1 aromatic rings. The van der Waals surface area contributed by atoms with Crippen LogP contribution < -0.4 is 0 Å². The molecule has 1 aliphatic heterocycles. The smallest absolute Gasteiger partial charge is 0.180 e. The van der Waals surface area contributed by atoms with Crippen molar-refractivity contribution in [2.75, 3.05) is 11.5 Å². The Balaban J connectivity index is 2.49. The fourth-order valence-electron chi connectivity index (χ4n) is 1.91. The Hall–Kier alpha value is -0.770. The highest BCUT2D eigenvalue weighted by Gasteiger charge is 2.20. The van der Waals surface area contributed by atoms with E-state index in [0.29, 0.717) is 5.69 Å². The van der Waals surface area contributed by atoms with Gasteiger partial charge in [-0.3, -0.25) is 9.48 Å². The van der Waals surface area contributed by atoms with Gasteiger partial charge < -0.3 is 0 Å². The van der Waals surface area contributed by atoms with Gasteiger partial charge >= 0.3 is 0 Å². The van der Waals surface area contributed by atoms with Crippen LogP contribution in [0, 0.1) is 0 Å². The normalized spacial score (nSPS) is 16.1. The van der Waals surface area contributed by atoms with Crippen LogP contribution in [0.5, 0.6) is 0 Å². The molecule has 1 aromatic heterocycles. The summed E-state index contributed by atoms with van der Waals surface area (Å²) in [6, 6.07) is 0. The van der Waals surface area contributed by atoms with Crippen LogP contribution in [0.4, 0.5) is 0 Å². The number of carbonyl (C=O) groups excluding carboxylic acids is 1. The summed E-state index contributed by atoms with van der Waals surface area (Å²) in [5.41, 5.74) is 3.12. The topological polar surface area (TPSA) is 34.9 Å². The van der Waals surface area contributed by atoms with E-state index in [1.54, 1.807) is 6.92 Å². The maximum Gasteiger partial charge on any atom is 0.180 e. The van der Waals surface area contributed by atoms with Crippen molar-refractivity contribution in [1.82, 2.24) is 9.78 Å². The molecule has 76 valence electrons. The summed E-state index contributed by atoms with van der Waals surface area (Å²) in [6.07, 6.45) is 2.03. The molecule has 4 heteroatoms. The van der Waals surface area contributed by atoms with Crippen molar-refractivity contribution >= 4 is 17.5 Å². The lowest BCUT2D eigenvalue weighted by atomic mass is 10.1. The van der Waals surface area contributed by atoms with E-state index in [1.807, 2.05) is 23.5 Å². The van der Waals surface area contributed by atoms with Gasteiger partial charge in [-0.2, -0.15) is 16.9 Å². The lowest BCUT2D eigenvalue weighted by molar-refractivity contribution is 0.101. The third kappa shape index (κ3) is 1.59. The van der Waals surface area contributed by atoms with Crippen LogP contribution in [0.15, 0.2) is 0 Å². The quantitative estimate of drug-likeness (QED) is 0.658. The molecule has 0 atom stereocenters. The van der Waals surface area contributed by atoms with E-state index >= 15 is 0 Å². The number of aryl methyl sites for hydroxylation is 1. The van der Waals surface area contributed by atoms with Gasteiger partial charge in [0.25, 0.3) is 0 Å². The number of hydrogen-bond donors (Lipinski definition) is 0. The van der Waals surface area contributed by atoms with Gasteiger partial charge in [-0.05, 0) is 24.3 Å². The first-order valence-electron chi connectivity index (χ1n) is 4.83. The number of nitrogens with zero attached hydrogens (tertiary/aromatic N) is 2. The standard InChI is InChI=1S/C10H14N2OS/c1-7(13)10-8-3-5-14-6-4-9(8)12(2)11-10/h3-6H2,1-2H3. The second-order valence-corrected chi connectivity index (χ2v) is 4.79. The van der Waals surface area contributed by atoms with Gasteiger partial charge in [0, 0.05) is 25.2 Å². The molecule has 3 nitrogen and oxygen atoms in total. The van der Waals surface area contributed by atoms with Crippen molar-refractivity contribution in [2.45, 2.75) is 19.8 Å². The Kier molecular flexibility index (Phi) is 2.63. The molecule has 2 heterocycles. The lowest BCUT2D eigenvalue weighted by Gasteiger charge is -1.99. The molecule has 14 heavy (non-hydrogen) atoms. The Morgan fingerprint density at radius 1 is 1.43 bits per heavy atom. The Morgan fingerprint density at radius 3 is 2.86 bits per heavy atom. The van der Waals surface area contributed by atoms with Crippen molar-refractivity contribution in [3.63, 3.8) is 0 Å². The highest BCUT2D eigenvalue weighted by atomic mass is 32.2. The second kappa shape index (κ2) is 3.77. The van der Waals surface area contributed by atoms with Crippen LogP contribution in [-0.2, 0) is 19.9 Å². The zero-order chi connectivity index (χ0) is 10.1. The number of ketones is 1. The summed E-state index contributed by atoms with van der Waals surface area (Å²) in [6.45, 7) is 1.60. The Morgan fingerprint density at radius 2 is 2.14 bits per heavy atom. The van der Waals surface area contributed by atoms with Crippen molar-refractivity contribution in [2.24, 2.45) is 7.05 Å². The number of hydrogen-bond acceptors (Lipinski definition) is 3. The van der Waals surface area contributed by atoms with E-state index in [2.05, 4.69) is 5.10 Å². The van der Waals surface area contributed by atoms with Gasteiger partial charge in [0.15, 0.2) is 5.78 Å². The van der Waals surface area contributed by atoms with Crippen LogP contribution in [0.2, 0.25) is 0 Å². The summed E-state index contributed by atoms with van der Waals surface area (Å²) in [5, 5.41) is 4.29. The molecular formula is C10H14N2OS. The fraction of sp³-hybridized carbons (Fsp3) is 0.600. The summed E-state index contributed by atoms with van der Waals surface area (Å²) in [7, 11) is 1.93. The number of Topliss-reactive ketones (excluding diaryl/α,β-unsaturated/α-hetero) is 1. The summed E-state index contributed by atoms with van der Waals surface area (Å²) < 4.78 is 1.87. The number of thioether (sulfide) groups is 1. The monoisotopic (exact) mass is 210 g/mol. The number of fused-ring (bicyclic) bond motifs is 1. The van der Waals surface area contributed by atoms with Crippen molar-refractivity contribution in [1.29, 1.82) is 0 Å². The minimum absolute atomic E-state index is 0.0914. The van der Waals surface area contributed by atoms with Crippen LogP contribution in [0.3, 0.4) is 0 Å². The minimum Gasteiger partial charge on any atom is -0.293 e. The van der Waals surface area contributed by atoms with E-state index < -0.39 is 0 Å². The van der Waals surface area contributed by atoms with Crippen LogP contribution in [-0.4, -0.2) is 27.1 Å². The van der Waals surface area contributed by atoms with Gasteiger partial charge in [-0.1, -0.05) is 0 Å². The number of aromatic nitrogens is 2. The molecule has 0 bridgehead atoms. The van der Waals surface area contributed by atoms with Crippen LogP contribution >= 0.6 is 11.8 Å². The maximum atomic E-state index is 11.4. The van der Waals surface area contributed by atoms with Crippen molar-refractivity contribution in [3.8, 4) is 0 Å². The lowest BCUT2D eigenvalue weighted by Crippen LogP contribution is -2.00. The third-order valence-electron chi connectivity index (χ3n) is 2.59. The number of rotatable bonds is 1. The molecule has 0 saturated carbocycles. The molecule has 0 fully saturated rings. The maximum absolute atomic E-state index is 11.4. The molecule has 0 N–H and O–H groups in total. The first kappa shape index (κ1) is 9.77. The summed E-state index contributed by atoms with van der Waals surface area (Å²) >= 11 is 1.95. The van der Waals surface area contributed by atoms with E-state index in [4.69, 9.17) is 0 Å². The van der Waals surface area contributed by atoms with Crippen LogP contribution in [0.1, 0.15) is 28.7 Å². The van der Waals surface area contributed by atoms with Crippen molar-refractivity contribution in [3.05, 3.63) is 17.0 Å². The second-order valence-electron chi connectivity index (χ2n) is 3.57. The van der Waals surface area contributed by atoms with E-state index in [1.165, 1.54) is 11.3 Å². The predicted molar refractivity (Wildman–Crippen MR) is 57.9 cm³/mol. The van der Waals surface area contributed by atoms with Gasteiger partial charge in [-0.25, -0.2) is 0 Å². The van der Waals surface area contributed by atoms with E-state index in [-0.39, 0.29) is 5.78 Å². The molecule has 1 aliphatic rings. The van der Waals surface area contributed by atoms with E-state index in [9.17, 15) is 4.79 Å². The van der Waals surface area contributed by atoms with Gasteiger partial charge in [0.05, 0.1) is 0 Å². The average molecular weight is 210 g/mol. The Bertz CT molecular complexity index is 370. The molecular weight excluding hydrogens is 196 g/mol. The summed E-state index contributed by atoms with van der Waals surface area (Å²) in [5.74, 6) is 2.34. The molecule has 0 aliphatic carbocycles. The number of carbonyl (C=O) groups is 1. The van der Waals surface area contributed by atoms with Gasteiger partial charge in [0.2, 0.25) is 0 Å². The Labute approximate surface area is 87.9 Å². The first-order valence-corrected chi connectivity index (χ1v) is 5.99. The highest BCUT2D eigenvalue weighted by molar-refractivity contribution is 7.99. The molecule has 0 radical (unpaired) electrons. The highest BCUT2D eigenvalue weighted by Crippen LogP contribution is 2.22. The zero-order valence-electron chi connectivity index (χ0n) is 8.54. The average Bonchev–Trinajstić information content (AvgIpc) is 2.38. The third-order valence-corrected chi connectivity index (χ3v) is 3.57. The molecule has 0 amide bonds. The van der Waals surface area contributed by atoms with Crippen molar-refractivity contribution < 1.29 is 4.79 Å². The first-order chi connectivity index (χ1) is 6.70. The van der Waals surface area contributed by atoms with Gasteiger partial charge in [-0.15, -0.1) is 0 Å². The SMILES string of the molecule is CC(=O)c1nn(C)c2c1CCSCC2. The molecule has 0 spiro atoms. The summed E-state index contributed by atoms with van der Waals surface area (Å²) in [4.78, 5) is 11.4.